The summed E-state index contributed by atoms with van der Waals surface area (Å²) in [6.45, 7) is 2.79. The van der Waals surface area contributed by atoms with Crippen LogP contribution in [0.25, 0.3) is 0 Å². The van der Waals surface area contributed by atoms with E-state index in [-0.39, 0.29) is 21.4 Å². The molecule has 0 radical (unpaired) electrons. The predicted molar refractivity (Wildman–Crippen MR) is 81.7 cm³/mol. The molecule has 0 spiro atoms. The smallest absolute Gasteiger partial charge is 0.252 e. The van der Waals surface area contributed by atoms with Crippen LogP contribution >= 0.6 is 11.6 Å². The van der Waals surface area contributed by atoms with Gasteiger partial charge < -0.3 is 5.32 Å². The first-order valence-corrected chi connectivity index (χ1v) is 8.80. The second-order valence-corrected chi connectivity index (χ2v) is 7.65. The first-order valence-electron chi connectivity index (χ1n) is 6.88. The molecule has 1 aromatic rings. The molecule has 1 saturated carbocycles. The maximum Gasteiger partial charge on any atom is 0.252 e. The van der Waals surface area contributed by atoms with E-state index in [0.29, 0.717) is 18.4 Å². The number of amides is 1. The van der Waals surface area contributed by atoms with E-state index in [1.54, 1.807) is 0 Å². The lowest BCUT2D eigenvalue weighted by molar-refractivity contribution is 0.0947. The molecule has 0 aliphatic heterocycles. The van der Waals surface area contributed by atoms with Crippen LogP contribution in [0.4, 0.5) is 0 Å². The second kappa shape index (κ2) is 6.34. The predicted octanol–water partition coefficient (Wildman–Crippen LogP) is 2.15. The molecule has 1 amide bonds. The van der Waals surface area contributed by atoms with Crippen molar-refractivity contribution >= 4 is 27.5 Å². The van der Waals surface area contributed by atoms with E-state index in [9.17, 15) is 13.2 Å². The van der Waals surface area contributed by atoms with Gasteiger partial charge in [0.2, 0.25) is 10.0 Å². The standard InChI is InChI=1S/C14H19ClN2O3S/c1-9-2-3-10(6-9)8-17-14(18)12-7-11(21(16,19)20)4-5-13(12)15/h4-5,7,9-10H,2-3,6,8H2,1H3,(H,17,18)(H2,16,19,20). The van der Waals surface area contributed by atoms with Crippen LogP contribution in [0.2, 0.25) is 5.02 Å². The molecule has 116 valence electrons. The summed E-state index contributed by atoms with van der Waals surface area (Å²) in [4.78, 5) is 12.0. The molecule has 21 heavy (non-hydrogen) atoms. The Morgan fingerprint density at radius 2 is 2.14 bits per heavy atom. The third kappa shape index (κ3) is 4.18. The van der Waals surface area contributed by atoms with Crippen molar-refractivity contribution in [3.8, 4) is 0 Å². The molecular weight excluding hydrogens is 312 g/mol. The van der Waals surface area contributed by atoms with Gasteiger partial charge >= 0.3 is 0 Å². The van der Waals surface area contributed by atoms with Crippen molar-refractivity contribution in [2.45, 2.75) is 31.1 Å². The number of hydrogen-bond acceptors (Lipinski definition) is 3. The largest absolute Gasteiger partial charge is 0.352 e. The zero-order valence-corrected chi connectivity index (χ0v) is 13.4. The monoisotopic (exact) mass is 330 g/mol. The maximum absolute atomic E-state index is 12.2. The first-order chi connectivity index (χ1) is 9.77. The van der Waals surface area contributed by atoms with Crippen molar-refractivity contribution in [1.82, 2.24) is 5.32 Å². The third-order valence-corrected chi connectivity index (χ3v) is 5.11. The summed E-state index contributed by atoms with van der Waals surface area (Å²) in [6.07, 6.45) is 3.39. The van der Waals surface area contributed by atoms with E-state index in [1.165, 1.54) is 24.6 Å². The molecule has 1 aliphatic rings. The Morgan fingerprint density at radius 3 is 2.71 bits per heavy atom. The second-order valence-electron chi connectivity index (χ2n) is 5.68. The molecule has 1 aliphatic carbocycles. The summed E-state index contributed by atoms with van der Waals surface area (Å²) < 4.78 is 22.7. The van der Waals surface area contributed by atoms with Crippen LogP contribution < -0.4 is 10.5 Å². The van der Waals surface area contributed by atoms with Crippen molar-refractivity contribution in [3.05, 3.63) is 28.8 Å². The third-order valence-electron chi connectivity index (χ3n) is 3.87. The number of primary sulfonamides is 1. The van der Waals surface area contributed by atoms with Gasteiger partial charge in [-0.2, -0.15) is 0 Å². The Hall–Kier alpha value is -1.11. The molecule has 0 heterocycles. The number of carbonyl (C=O) groups is 1. The molecule has 2 unspecified atom stereocenters. The zero-order valence-electron chi connectivity index (χ0n) is 11.8. The van der Waals surface area contributed by atoms with Gasteiger partial charge in [0.05, 0.1) is 15.5 Å². The number of benzene rings is 1. The Balaban J connectivity index is 2.08. The highest BCUT2D eigenvalue weighted by molar-refractivity contribution is 7.89. The average molecular weight is 331 g/mol. The number of rotatable bonds is 4. The number of hydrogen-bond donors (Lipinski definition) is 2. The minimum absolute atomic E-state index is 0.119. The lowest BCUT2D eigenvalue weighted by atomic mass is 10.1. The summed E-state index contributed by atoms with van der Waals surface area (Å²) >= 11 is 5.96. The Bertz CT molecular complexity index is 646. The topological polar surface area (TPSA) is 89.3 Å². The van der Waals surface area contributed by atoms with E-state index in [4.69, 9.17) is 16.7 Å². The van der Waals surface area contributed by atoms with Crippen LogP contribution in [0.15, 0.2) is 23.1 Å². The van der Waals surface area contributed by atoms with Crippen LogP contribution in [0.5, 0.6) is 0 Å². The van der Waals surface area contributed by atoms with Crippen molar-refractivity contribution in [2.24, 2.45) is 17.0 Å². The van der Waals surface area contributed by atoms with Gasteiger partial charge in [0.25, 0.3) is 5.91 Å². The number of nitrogens with two attached hydrogens (primary N) is 1. The fourth-order valence-electron chi connectivity index (χ4n) is 2.70. The number of carbonyl (C=O) groups excluding carboxylic acids is 1. The molecule has 7 heteroatoms. The fraction of sp³-hybridized carbons (Fsp3) is 0.500. The molecule has 0 bridgehead atoms. The highest BCUT2D eigenvalue weighted by Gasteiger charge is 2.22. The van der Waals surface area contributed by atoms with Crippen molar-refractivity contribution in [3.63, 3.8) is 0 Å². The lowest BCUT2D eigenvalue weighted by Gasteiger charge is -2.12. The highest BCUT2D eigenvalue weighted by Crippen LogP contribution is 2.29. The molecule has 1 fully saturated rings. The lowest BCUT2D eigenvalue weighted by Crippen LogP contribution is -2.29. The van der Waals surface area contributed by atoms with Crippen molar-refractivity contribution in [2.75, 3.05) is 6.54 Å². The van der Waals surface area contributed by atoms with Gasteiger partial charge in [-0.15, -0.1) is 0 Å². The van der Waals surface area contributed by atoms with E-state index < -0.39 is 10.0 Å². The van der Waals surface area contributed by atoms with Gasteiger partial charge in [-0.05, 0) is 42.9 Å². The summed E-state index contributed by atoms with van der Waals surface area (Å²) in [7, 11) is -3.85. The SMILES string of the molecule is CC1CCC(CNC(=O)c2cc(S(N)(=O)=O)ccc2Cl)C1. The number of sulfonamides is 1. The number of halogens is 1. The summed E-state index contributed by atoms with van der Waals surface area (Å²) in [5, 5.41) is 8.09. The van der Waals surface area contributed by atoms with Crippen LogP contribution in [0.3, 0.4) is 0 Å². The minimum Gasteiger partial charge on any atom is -0.352 e. The molecule has 0 saturated heterocycles. The average Bonchev–Trinajstić information content (AvgIpc) is 2.81. The van der Waals surface area contributed by atoms with E-state index in [1.807, 2.05) is 0 Å². The Kier molecular flexibility index (Phi) is 4.91. The first kappa shape index (κ1) is 16.3. The molecule has 2 atom stereocenters. The van der Waals surface area contributed by atoms with Crippen LogP contribution in [-0.4, -0.2) is 20.9 Å². The zero-order chi connectivity index (χ0) is 15.6. The van der Waals surface area contributed by atoms with E-state index in [0.717, 1.165) is 12.8 Å². The fourth-order valence-corrected chi connectivity index (χ4v) is 3.44. The quantitative estimate of drug-likeness (QED) is 0.886. The van der Waals surface area contributed by atoms with Crippen LogP contribution in [0.1, 0.15) is 36.5 Å². The Labute approximate surface area is 129 Å². The van der Waals surface area contributed by atoms with Crippen LogP contribution in [0, 0.1) is 11.8 Å². The van der Waals surface area contributed by atoms with Gasteiger partial charge in [0.1, 0.15) is 0 Å². The minimum atomic E-state index is -3.85. The van der Waals surface area contributed by atoms with Crippen LogP contribution in [-0.2, 0) is 10.0 Å². The summed E-state index contributed by atoms with van der Waals surface area (Å²) in [5.41, 5.74) is 0.134. The molecule has 3 N–H and O–H groups in total. The van der Waals surface area contributed by atoms with Gasteiger partial charge in [-0.3, -0.25) is 4.79 Å². The van der Waals surface area contributed by atoms with Crippen molar-refractivity contribution in [1.29, 1.82) is 0 Å². The van der Waals surface area contributed by atoms with E-state index in [2.05, 4.69) is 12.2 Å². The molecule has 1 aromatic carbocycles. The van der Waals surface area contributed by atoms with E-state index >= 15 is 0 Å². The highest BCUT2D eigenvalue weighted by atomic mass is 35.5. The van der Waals surface area contributed by atoms with Gasteiger partial charge in [-0.25, -0.2) is 13.6 Å². The van der Waals surface area contributed by atoms with Crippen molar-refractivity contribution < 1.29 is 13.2 Å². The maximum atomic E-state index is 12.2. The molecular formula is C14H19ClN2O3S. The summed E-state index contributed by atoms with van der Waals surface area (Å²) in [6, 6.07) is 3.87. The van der Waals surface area contributed by atoms with Gasteiger partial charge in [-0.1, -0.05) is 24.9 Å². The molecule has 5 nitrogen and oxygen atoms in total. The Morgan fingerprint density at radius 1 is 1.43 bits per heavy atom. The number of nitrogens with one attached hydrogen (secondary N) is 1. The summed E-state index contributed by atoms with van der Waals surface area (Å²) in [5.74, 6) is 0.801. The van der Waals surface area contributed by atoms with Gasteiger partial charge in [0.15, 0.2) is 0 Å². The molecule has 0 aromatic heterocycles. The normalized spacial score (nSPS) is 22.2. The van der Waals surface area contributed by atoms with Gasteiger partial charge in [0, 0.05) is 6.54 Å². The molecule has 2 rings (SSSR count).